The van der Waals surface area contributed by atoms with Gasteiger partial charge in [-0.05, 0) is 30.5 Å². The summed E-state index contributed by atoms with van der Waals surface area (Å²) < 4.78 is 5.17. The third kappa shape index (κ3) is 4.16. The molecule has 3 rings (SSSR count). The van der Waals surface area contributed by atoms with Gasteiger partial charge in [0.1, 0.15) is 12.4 Å². The summed E-state index contributed by atoms with van der Waals surface area (Å²) in [5, 5.41) is 4.42. The summed E-state index contributed by atoms with van der Waals surface area (Å²) in [7, 11) is 1.64. The zero-order chi connectivity index (χ0) is 17.1. The van der Waals surface area contributed by atoms with Gasteiger partial charge in [0, 0.05) is 37.4 Å². The van der Waals surface area contributed by atoms with E-state index in [1.165, 1.54) is 0 Å². The Bertz CT molecular complexity index is 720. The van der Waals surface area contributed by atoms with Gasteiger partial charge in [0.15, 0.2) is 5.82 Å². The molecule has 1 fully saturated rings. The fraction of sp³-hybridized carbons (Fsp3) is 0.412. The molecular formula is C17H20Cl2N4O. The van der Waals surface area contributed by atoms with Crippen LogP contribution in [0, 0.1) is 0 Å². The van der Waals surface area contributed by atoms with E-state index in [4.69, 9.17) is 33.7 Å². The van der Waals surface area contributed by atoms with Crippen LogP contribution in [-0.4, -0.2) is 23.1 Å². The zero-order valence-electron chi connectivity index (χ0n) is 13.4. The Labute approximate surface area is 151 Å². The molecule has 0 saturated heterocycles. The van der Waals surface area contributed by atoms with Crippen molar-refractivity contribution >= 4 is 29.0 Å². The van der Waals surface area contributed by atoms with Crippen LogP contribution in [0.3, 0.4) is 0 Å². The van der Waals surface area contributed by atoms with Gasteiger partial charge < -0.3 is 15.8 Å². The van der Waals surface area contributed by atoms with Crippen molar-refractivity contribution < 1.29 is 4.74 Å². The first-order valence-corrected chi connectivity index (χ1v) is 8.61. The normalized spacial score (nSPS) is 19.8. The first-order valence-electron chi connectivity index (χ1n) is 7.85. The van der Waals surface area contributed by atoms with E-state index in [0.717, 1.165) is 29.9 Å². The molecule has 0 bridgehead atoms. The molecule has 7 heteroatoms. The summed E-state index contributed by atoms with van der Waals surface area (Å²) in [6.07, 6.45) is 1.94. The standard InChI is InChI=1S/C17H20Cl2N4O/c1-24-9-17-22-15(11-5-12(20)6-11)7-16(23-17)21-8-10-2-3-13(18)14(19)4-10/h2-4,7,11-12H,5-6,8-9,20H2,1H3,(H,21,22,23). The molecule has 0 atom stereocenters. The first kappa shape index (κ1) is 17.4. The van der Waals surface area contributed by atoms with Crippen LogP contribution in [0.2, 0.25) is 10.0 Å². The molecule has 5 nitrogen and oxygen atoms in total. The Morgan fingerprint density at radius 2 is 2.00 bits per heavy atom. The minimum Gasteiger partial charge on any atom is -0.377 e. The highest BCUT2D eigenvalue weighted by Gasteiger charge is 2.29. The molecule has 1 heterocycles. The van der Waals surface area contributed by atoms with Crippen molar-refractivity contribution in [2.45, 2.75) is 38.0 Å². The predicted octanol–water partition coefficient (Wildman–Crippen LogP) is 3.75. The van der Waals surface area contributed by atoms with E-state index in [2.05, 4.69) is 15.3 Å². The average molecular weight is 367 g/mol. The van der Waals surface area contributed by atoms with Gasteiger partial charge in [-0.15, -0.1) is 0 Å². The van der Waals surface area contributed by atoms with Gasteiger partial charge in [-0.25, -0.2) is 9.97 Å². The number of halogens is 2. The van der Waals surface area contributed by atoms with Crippen LogP contribution >= 0.6 is 23.2 Å². The summed E-state index contributed by atoms with van der Waals surface area (Å²) in [5.41, 5.74) is 7.95. The summed E-state index contributed by atoms with van der Waals surface area (Å²) in [5.74, 6) is 1.86. The van der Waals surface area contributed by atoms with E-state index >= 15 is 0 Å². The molecule has 1 aromatic carbocycles. The van der Waals surface area contributed by atoms with Crippen molar-refractivity contribution in [3.8, 4) is 0 Å². The van der Waals surface area contributed by atoms with Crippen LogP contribution in [0.1, 0.15) is 35.8 Å². The van der Waals surface area contributed by atoms with Gasteiger partial charge in [-0.3, -0.25) is 0 Å². The third-order valence-electron chi connectivity index (χ3n) is 4.12. The summed E-state index contributed by atoms with van der Waals surface area (Å²) >= 11 is 12.0. The van der Waals surface area contributed by atoms with E-state index < -0.39 is 0 Å². The van der Waals surface area contributed by atoms with E-state index in [-0.39, 0.29) is 6.04 Å². The van der Waals surface area contributed by atoms with Crippen molar-refractivity contribution in [3.05, 3.63) is 51.4 Å². The SMILES string of the molecule is COCc1nc(NCc2ccc(Cl)c(Cl)c2)cc(C2CC(N)C2)n1. The summed E-state index contributed by atoms with van der Waals surface area (Å²) in [6.45, 7) is 0.984. The fourth-order valence-electron chi connectivity index (χ4n) is 2.76. The second-order valence-electron chi connectivity index (χ2n) is 6.06. The molecule has 2 aromatic rings. The Morgan fingerprint density at radius 3 is 2.67 bits per heavy atom. The molecule has 1 saturated carbocycles. The summed E-state index contributed by atoms with van der Waals surface area (Å²) in [4.78, 5) is 9.09. The number of ether oxygens (including phenoxy) is 1. The minimum absolute atomic E-state index is 0.281. The number of nitrogens with one attached hydrogen (secondary N) is 1. The molecule has 3 N–H and O–H groups in total. The largest absolute Gasteiger partial charge is 0.377 e. The van der Waals surface area contributed by atoms with Gasteiger partial charge in [0.2, 0.25) is 0 Å². The monoisotopic (exact) mass is 366 g/mol. The molecule has 1 aliphatic carbocycles. The second kappa shape index (κ2) is 7.66. The molecule has 0 spiro atoms. The molecule has 1 aromatic heterocycles. The van der Waals surface area contributed by atoms with E-state index in [1.807, 2.05) is 18.2 Å². The van der Waals surface area contributed by atoms with E-state index in [9.17, 15) is 0 Å². The zero-order valence-corrected chi connectivity index (χ0v) is 14.9. The van der Waals surface area contributed by atoms with Crippen LogP contribution in [0.4, 0.5) is 5.82 Å². The molecule has 0 radical (unpaired) electrons. The van der Waals surface area contributed by atoms with Gasteiger partial charge in [0.05, 0.1) is 10.0 Å². The van der Waals surface area contributed by atoms with Crippen LogP contribution in [0.15, 0.2) is 24.3 Å². The number of anilines is 1. The minimum atomic E-state index is 0.281. The quantitative estimate of drug-likeness (QED) is 0.814. The number of nitrogens with zero attached hydrogens (tertiary/aromatic N) is 2. The predicted molar refractivity (Wildman–Crippen MR) is 96.5 cm³/mol. The van der Waals surface area contributed by atoms with Gasteiger partial charge in [-0.2, -0.15) is 0 Å². The van der Waals surface area contributed by atoms with Crippen LogP contribution in [0.25, 0.3) is 0 Å². The topological polar surface area (TPSA) is 73.1 Å². The molecule has 128 valence electrons. The fourth-order valence-corrected chi connectivity index (χ4v) is 3.08. The van der Waals surface area contributed by atoms with Crippen molar-refractivity contribution in [2.24, 2.45) is 5.73 Å². The molecule has 0 aliphatic heterocycles. The highest BCUT2D eigenvalue weighted by molar-refractivity contribution is 6.42. The smallest absolute Gasteiger partial charge is 0.156 e. The number of methoxy groups -OCH3 is 1. The maximum Gasteiger partial charge on any atom is 0.156 e. The molecular weight excluding hydrogens is 347 g/mol. The van der Waals surface area contributed by atoms with Crippen molar-refractivity contribution in [3.63, 3.8) is 0 Å². The lowest BCUT2D eigenvalue weighted by Crippen LogP contribution is -2.35. The number of rotatable bonds is 6. The Balaban J connectivity index is 1.74. The lowest BCUT2D eigenvalue weighted by molar-refractivity contribution is 0.177. The highest BCUT2D eigenvalue weighted by Crippen LogP contribution is 2.35. The average Bonchev–Trinajstić information content (AvgIpc) is 2.53. The maximum absolute atomic E-state index is 6.06. The van der Waals surface area contributed by atoms with Crippen LogP contribution in [-0.2, 0) is 17.9 Å². The first-order chi connectivity index (χ1) is 11.5. The summed E-state index contributed by atoms with van der Waals surface area (Å²) in [6, 6.07) is 7.85. The molecule has 24 heavy (non-hydrogen) atoms. The van der Waals surface area contributed by atoms with Crippen molar-refractivity contribution in [1.82, 2.24) is 9.97 Å². The van der Waals surface area contributed by atoms with E-state index in [0.29, 0.717) is 34.9 Å². The lowest BCUT2D eigenvalue weighted by atomic mass is 9.78. The van der Waals surface area contributed by atoms with Gasteiger partial charge in [0.25, 0.3) is 0 Å². The number of hydrogen-bond donors (Lipinski definition) is 2. The number of aromatic nitrogens is 2. The third-order valence-corrected chi connectivity index (χ3v) is 4.86. The van der Waals surface area contributed by atoms with Crippen LogP contribution in [0.5, 0.6) is 0 Å². The van der Waals surface area contributed by atoms with Crippen LogP contribution < -0.4 is 11.1 Å². The second-order valence-corrected chi connectivity index (χ2v) is 6.87. The molecule has 0 unspecified atom stereocenters. The Hall–Kier alpha value is -1.40. The van der Waals surface area contributed by atoms with Gasteiger partial charge in [-0.1, -0.05) is 29.3 Å². The molecule has 0 amide bonds. The Morgan fingerprint density at radius 1 is 1.21 bits per heavy atom. The number of hydrogen-bond acceptors (Lipinski definition) is 5. The molecule has 1 aliphatic rings. The number of nitrogens with two attached hydrogens (primary N) is 1. The van der Waals surface area contributed by atoms with Gasteiger partial charge >= 0.3 is 0 Å². The lowest BCUT2D eigenvalue weighted by Gasteiger charge is -2.32. The van der Waals surface area contributed by atoms with Crippen molar-refractivity contribution in [2.75, 3.05) is 12.4 Å². The maximum atomic E-state index is 6.06. The Kier molecular flexibility index (Phi) is 5.56. The number of benzene rings is 1. The van der Waals surface area contributed by atoms with E-state index in [1.54, 1.807) is 13.2 Å². The highest BCUT2D eigenvalue weighted by atomic mass is 35.5. The van der Waals surface area contributed by atoms with Crippen molar-refractivity contribution in [1.29, 1.82) is 0 Å².